The standard InChI is InChI=1S/C12H21NO2/c1-9(2)4-6-13-7-5-10(3)8-11(13)12(14)15/h10-11H,1,4-8H2,2-3H3,(H,14,15). The molecule has 0 spiro atoms. The molecule has 1 heterocycles. The van der Waals surface area contributed by atoms with E-state index in [-0.39, 0.29) is 6.04 Å². The van der Waals surface area contributed by atoms with Crippen molar-refractivity contribution in [2.45, 2.75) is 39.2 Å². The number of carboxylic acids is 1. The molecule has 1 aliphatic rings. The van der Waals surface area contributed by atoms with E-state index in [0.717, 1.165) is 37.9 Å². The predicted octanol–water partition coefficient (Wildman–Crippen LogP) is 2.14. The molecule has 86 valence electrons. The molecule has 1 fully saturated rings. The lowest BCUT2D eigenvalue weighted by molar-refractivity contribution is -0.145. The Labute approximate surface area is 91.8 Å². The first kappa shape index (κ1) is 12.2. The van der Waals surface area contributed by atoms with Crippen LogP contribution in [-0.2, 0) is 4.79 Å². The van der Waals surface area contributed by atoms with Gasteiger partial charge < -0.3 is 5.11 Å². The summed E-state index contributed by atoms with van der Waals surface area (Å²) < 4.78 is 0. The number of likely N-dealkylation sites (tertiary alicyclic amines) is 1. The number of carbonyl (C=O) groups is 1. The number of nitrogens with zero attached hydrogens (tertiary/aromatic N) is 1. The van der Waals surface area contributed by atoms with E-state index in [9.17, 15) is 4.79 Å². The third kappa shape index (κ3) is 3.67. The van der Waals surface area contributed by atoms with Crippen LogP contribution >= 0.6 is 0 Å². The highest BCUT2D eigenvalue weighted by Crippen LogP contribution is 2.23. The Kier molecular flexibility index (Phi) is 4.33. The lowest BCUT2D eigenvalue weighted by Crippen LogP contribution is -2.47. The highest BCUT2D eigenvalue weighted by molar-refractivity contribution is 5.73. The molecule has 0 aromatic heterocycles. The zero-order chi connectivity index (χ0) is 11.4. The molecule has 2 unspecified atom stereocenters. The van der Waals surface area contributed by atoms with Gasteiger partial charge in [-0.15, -0.1) is 6.58 Å². The van der Waals surface area contributed by atoms with Crippen molar-refractivity contribution in [3.8, 4) is 0 Å². The van der Waals surface area contributed by atoms with Crippen molar-refractivity contribution in [1.82, 2.24) is 4.90 Å². The SMILES string of the molecule is C=C(C)CCN1CCC(C)CC1C(=O)O. The summed E-state index contributed by atoms with van der Waals surface area (Å²) >= 11 is 0. The maximum Gasteiger partial charge on any atom is 0.320 e. The molecule has 1 saturated heterocycles. The van der Waals surface area contributed by atoms with E-state index in [0.29, 0.717) is 5.92 Å². The fourth-order valence-electron chi connectivity index (χ4n) is 2.05. The van der Waals surface area contributed by atoms with Gasteiger partial charge in [-0.25, -0.2) is 0 Å². The summed E-state index contributed by atoms with van der Waals surface area (Å²) in [5.74, 6) is -0.143. The minimum atomic E-state index is -0.678. The van der Waals surface area contributed by atoms with Crippen LogP contribution in [0, 0.1) is 5.92 Å². The van der Waals surface area contributed by atoms with Crippen molar-refractivity contribution < 1.29 is 9.90 Å². The van der Waals surface area contributed by atoms with E-state index in [2.05, 4.69) is 18.4 Å². The van der Waals surface area contributed by atoms with Crippen molar-refractivity contribution in [2.75, 3.05) is 13.1 Å². The quantitative estimate of drug-likeness (QED) is 0.724. The number of aliphatic carboxylic acids is 1. The topological polar surface area (TPSA) is 40.5 Å². The van der Waals surface area contributed by atoms with Gasteiger partial charge in [-0.05, 0) is 38.6 Å². The van der Waals surface area contributed by atoms with E-state index < -0.39 is 5.97 Å². The van der Waals surface area contributed by atoms with Crippen LogP contribution in [0.25, 0.3) is 0 Å². The smallest absolute Gasteiger partial charge is 0.320 e. The van der Waals surface area contributed by atoms with Gasteiger partial charge >= 0.3 is 5.97 Å². The molecular weight excluding hydrogens is 190 g/mol. The molecule has 0 aliphatic carbocycles. The Morgan fingerprint density at radius 1 is 1.60 bits per heavy atom. The summed E-state index contributed by atoms with van der Waals surface area (Å²) in [7, 11) is 0. The highest BCUT2D eigenvalue weighted by Gasteiger charge is 2.30. The Hall–Kier alpha value is -0.830. The largest absolute Gasteiger partial charge is 0.480 e. The van der Waals surface area contributed by atoms with Crippen LogP contribution in [0.1, 0.15) is 33.1 Å². The molecule has 15 heavy (non-hydrogen) atoms. The van der Waals surface area contributed by atoms with Crippen LogP contribution in [0.3, 0.4) is 0 Å². The lowest BCUT2D eigenvalue weighted by atomic mass is 9.92. The molecule has 0 bridgehead atoms. The maximum absolute atomic E-state index is 11.1. The van der Waals surface area contributed by atoms with Gasteiger partial charge in [0.25, 0.3) is 0 Å². The van der Waals surface area contributed by atoms with Gasteiger partial charge in [-0.1, -0.05) is 12.5 Å². The van der Waals surface area contributed by atoms with Crippen molar-refractivity contribution in [1.29, 1.82) is 0 Å². The third-order valence-electron chi connectivity index (χ3n) is 3.09. The van der Waals surface area contributed by atoms with Gasteiger partial charge in [0.15, 0.2) is 0 Å². The van der Waals surface area contributed by atoms with Crippen LogP contribution in [0.15, 0.2) is 12.2 Å². The average molecular weight is 211 g/mol. The molecule has 0 aromatic rings. The monoisotopic (exact) mass is 211 g/mol. The van der Waals surface area contributed by atoms with E-state index >= 15 is 0 Å². The molecule has 1 N–H and O–H groups in total. The summed E-state index contributed by atoms with van der Waals surface area (Å²) in [5.41, 5.74) is 1.12. The van der Waals surface area contributed by atoms with Gasteiger partial charge in [-0.3, -0.25) is 9.69 Å². The second kappa shape index (κ2) is 5.31. The Morgan fingerprint density at radius 2 is 2.27 bits per heavy atom. The normalized spacial score (nSPS) is 27.6. The molecule has 0 radical (unpaired) electrons. The molecule has 0 amide bonds. The summed E-state index contributed by atoms with van der Waals surface area (Å²) in [4.78, 5) is 13.2. The predicted molar refractivity (Wildman–Crippen MR) is 60.8 cm³/mol. The Balaban J connectivity index is 2.52. The summed E-state index contributed by atoms with van der Waals surface area (Å²) in [5, 5.41) is 9.13. The zero-order valence-corrected chi connectivity index (χ0v) is 9.70. The third-order valence-corrected chi connectivity index (χ3v) is 3.09. The molecule has 1 rings (SSSR count). The molecule has 0 aromatic carbocycles. The average Bonchev–Trinajstić information content (AvgIpc) is 2.15. The molecule has 3 heteroatoms. The molecular formula is C12H21NO2. The van der Waals surface area contributed by atoms with Crippen LogP contribution in [0.2, 0.25) is 0 Å². The summed E-state index contributed by atoms with van der Waals surface area (Å²) in [6, 6.07) is -0.284. The highest BCUT2D eigenvalue weighted by atomic mass is 16.4. The molecule has 3 nitrogen and oxygen atoms in total. The Bertz CT molecular complexity index is 250. The zero-order valence-electron chi connectivity index (χ0n) is 9.70. The molecule has 2 atom stereocenters. The van der Waals surface area contributed by atoms with Crippen molar-refractivity contribution in [2.24, 2.45) is 5.92 Å². The number of hydrogen-bond donors (Lipinski definition) is 1. The fraction of sp³-hybridized carbons (Fsp3) is 0.750. The summed E-state index contributed by atoms with van der Waals surface area (Å²) in [6.07, 6.45) is 2.80. The first-order chi connectivity index (χ1) is 7.00. The first-order valence-electron chi connectivity index (χ1n) is 5.62. The number of carboxylic acid groups (broad SMARTS) is 1. The fourth-order valence-corrected chi connectivity index (χ4v) is 2.05. The van der Waals surface area contributed by atoms with Crippen molar-refractivity contribution >= 4 is 5.97 Å². The summed E-state index contributed by atoms with van der Waals surface area (Å²) in [6.45, 7) is 9.71. The van der Waals surface area contributed by atoms with Crippen LogP contribution in [-0.4, -0.2) is 35.1 Å². The second-order valence-electron chi connectivity index (χ2n) is 4.73. The maximum atomic E-state index is 11.1. The molecule has 1 aliphatic heterocycles. The van der Waals surface area contributed by atoms with Gasteiger partial charge in [0.05, 0.1) is 0 Å². The number of hydrogen-bond acceptors (Lipinski definition) is 2. The van der Waals surface area contributed by atoms with Crippen molar-refractivity contribution in [3.63, 3.8) is 0 Å². The van der Waals surface area contributed by atoms with Gasteiger partial charge in [0.2, 0.25) is 0 Å². The van der Waals surface area contributed by atoms with Crippen LogP contribution < -0.4 is 0 Å². The lowest BCUT2D eigenvalue weighted by Gasteiger charge is -2.35. The van der Waals surface area contributed by atoms with Crippen molar-refractivity contribution in [3.05, 3.63) is 12.2 Å². The number of piperidine rings is 1. The van der Waals surface area contributed by atoms with Gasteiger partial charge in [0, 0.05) is 6.54 Å². The minimum absolute atomic E-state index is 0.284. The van der Waals surface area contributed by atoms with Gasteiger partial charge in [-0.2, -0.15) is 0 Å². The van der Waals surface area contributed by atoms with E-state index in [1.165, 1.54) is 0 Å². The van der Waals surface area contributed by atoms with Gasteiger partial charge in [0.1, 0.15) is 6.04 Å². The Morgan fingerprint density at radius 3 is 2.80 bits per heavy atom. The van der Waals surface area contributed by atoms with E-state index in [1.807, 2.05) is 6.92 Å². The first-order valence-corrected chi connectivity index (χ1v) is 5.62. The van der Waals surface area contributed by atoms with Crippen LogP contribution in [0.5, 0.6) is 0 Å². The number of rotatable bonds is 4. The van der Waals surface area contributed by atoms with Crippen LogP contribution in [0.4, 0.5) is 0 Å². The van der Waals surface area contributed by atoms with E-state index in [4.69, 9.17) is 5.11 Å². The van der Waals surface area contributed by atoms with E-state index in [1.54, 1.807) is 0 Å². The minimum Gasteiger partial charge on any atom is -0.480 e. The molecule has 0 saturated carbocycles. The second-order valence-corrected chi connectivity index (χ2v) is 4.73.